The van der Waals surface area contributed by atoms with Gasteiger partial charge in [-0.25, -0.2) is 4.98 Å². The summed E-state index contributed by atoms with van der Waals surface area (Å²) in [6, 6.07) is 0. The predicted octanol–water partition coefficient (Wildman–Crippen LogP) is 1.03. The van der Waals surface area contributed by atoms with Gasteiger partial charge in [-0.05, 0) is 20.8 Å². The zero-order valence-electron chi connectivity index (χ0n) is 10.4. The van der Waals surface area contributed by atoms with Gasteiger partial charge in [0.1, 0.15) is 5.69 Å². The molecule has 2 heterocycles. The van der Waals surface area contributed by atoms with Crippen LogP contribution in [0.1, 0.15) is 30.0 Å². The van der Waals surface area contributed by atoms with Crippen molar-refractivity contribution in [2.24, 2.45) is 0 Å². The molecule has 1 aromatic heterocycles. The Morgan fingerprint density at radius 2 is 1.94 bits per heavy atom. The van der Waals surface area contributed by atoms with Crippen LogP contribution in [-0.2, 0) is 4.74 Å². The lowest BCUT2D eigenvalue weighted by Gasteiger charge is -2.35. The van der Waals surface area contributed by atoms with Crippen LogP contribution in [0, 0.1) is 6.92 Å². The SMILES string of the molecule is Cc1cnc(C(=O)N2CC(C)OC(C)C2)cn1. The first kappa shape index (κ1) is 12.0. The van der Waals surface area contributed by atoms with Gasteiger partial charge in [0.05, 0.1) is 24.1 Å². The summed E-state index contributed by atoms with van der Waals surface area (Å²) in [6.45, 7) is 7.01. The third kappa shape index (κ3) is 2.79. The fraction of sp³-hybridized carbons (Fsp3) is 0.583. The van der Waals surface area contributed by atoms with Crippen LogP contribution >= 0.6 is 0 Å². The summed E-state index contributed by atoms with van der Waals surface area (Å²) >= 11 is 0. The molecule has 0 aromatic carbocycles. The van der Waals surface area contributed by atoms with E-state index in [0.29, 0.717) is 18.8 Å². The van der Waals surface area contributed by atoms with E-state index in [1.165, 1.54) is 6.20 Å². The van der Waals surface area contributed by atoms with Gasteiger partial charge in [0.15, 0.2) is 0 Å². The Kier molecular flexibility index (Phi) is 3.38. The molecular weight excluding hydrogens is 218 g/mol. The molecule has 1 fully saturated rings. The molecule has 0 aliphatic carbocycles. The second kappa shape index (κ2) is 4.79. The van der Waals surface area contributed by atoms with Gasteiger partial charge in [0.2, 0.25) is 0 Å². The van der Waals surface area contributed by atoms with Gasteiger partial charge >= 0.3 is 0 Å². The summed E-state index contributed by atoms with van der Waals surface area (Å²) in [5.74, 6) is -0.0699. The fourth-order valence-corrected chi connectivity index (χ4v) is 2.01. The maximum Gasteiger partial charge on any atom is 0.274 e. The quantitative estimate of drug-likeness (QED) is 0.729. The molecule has 92 valence electrons. The molecule has 0 saturated carbocycles. The van der Waals surface area contributed by atoms with Crippen molar-refractivity contribution >= 4 is 5.91 Å². The highest BCUT2D eigenvalue weighted by atomic mass is 16.5. The Balaban J connectivity index is 2.11. The number of carbonyl (C=O) groups is 1. The smallest absolute Gasteiger partial charge is 0.274 e. The fourth-order valence-electron chi connectivity index (χ4n) is 2.01. The molecule has 2 atom stereocenters. The standard InChI is InChI=1S/C12H17N3O2/c1-8-4-14-11(5-13-8)12(16)15-6-9(2)17-10(3)7-15/h4-5,9-10H,6-7H2,1-3H3. The molecule has 1 amide bonds. The number of carbonyl (C=O) groups excluding carboxylic acids is 1. The first-order valence-corrected chi connectivity index (χ1v) is 5.79. The number of morpholine rings is 1. The molecule has 1 aliphatic rings. The zero-order chi connectivity index (χ0) is 12.4. The largest absolute Gasteiger partial charge is 0.372 e. The van der Waals surface area contributed by atoms with E-state index in [0.717, 1.165) is 5.69 Å². The monoisotopic (exact) mass is 235 g/mol. The van der Waals surface area contributed by atoms with Crippen molar-refractivity contribution in [3.05, 3.63) is 23.8 Å². The number of ether oxygens (including phenoxy) is 1. The first-order valence-electron chi connectivity index (χ1n) is 5.79. The molecule has 0 bridgehead atoms. The number of nitrogens with zero attached hydrogens (tertiary/aromatic N) is 3. The Morgan fingerprint density at radius 3 is 2.47 bits per heavy atom. The summed E-state index contributed by atoms with van der Waals surface area (Å²) < 4.78 is 5.59. The number of aromatic nitrogens is 2. The van der Waals surface area contributed by atoms with Crippen molar-refractivity contribution < 1.29 is 9.53 Å². The molecule has 2 unspecified atom stereocenters. The zero-order valence-corrected chi connectivity index (χ0v) is 10.4. The Hall–Kier alpha value is -1.49. The van der Waals surface area contributed by atoms with E-state index in [4.69, 9.17) is 4.74 Å². The van der Waals surface area contributed by atoms with Gasteiger partial charge in [-0.3, -0.25) is 9.78 Å². The maximum atomic E-state index is 12.2. The first-order chi connectivity index (χ1) is 8.06. The Labute approximate surface area is 101 Å². The van der Waals surface area contributed by atoms with Crippen LogP contribution in [0.5, 0.6) is 0 Å². The molecule has 1 saturated heterocycles. The Morgan fingerprint density at radius 1 is 1.29 bits per heavy atom. The average Bonchev–Trinajstić information content (AvgIpc) is 2.28. The van der Waals surface area contributed by atoms with E-state index in [2.05, 4.69) is 9.97 Å². The van der Waals surface area contributed by atoms with E-state index in [1.807, 2.05) is 20.8 Å². The summed E-state index contributed by atoms with van der Waals surface area (Å²) in [5.41, 5.74) is 1.21. The van der Waals surface area contributed by atoms with E-state index in [9.17, 15) is 4.79 Å². The minimum atomic E-state index is -0.0699. The molecule has 0 radical (unpaired) electrons. The number of rotatable bonds is 1. The highest BCUT2D eigenvalue weighted by Gasteiger charge is 2.27. The van der Waals surface area contributed by atoms with Crippen LogP contribution in [0.4, 0.5) is 0 Å². The summed E-state index contributed by atoms with van der Waals surface area (Å²) in [5, 5.41) is 0. The lowest BCUT2D eigenvalue weighted by molar-refractivity contribution is -0.0587. The third-order valence-corrected chi connectivity index (χ3v) is 2.71. The minimum absolute atomic E-state index is 0.0699. The summed E-state index contributed by atoms with van der Waals surface area (Å²) in [4.78, 5) is 22.1. The summed E-state index contributed by atoms with van der Waals surface area (Å²) in [6.07, 6.45) is 3.28. The van der Waals surface area contributed by atoms with Crippen LogP contribution < -0.4 is 0 Å². The minimum Gasteiger partial charge on any atom is -0.372 e. The normalized spacial score (nSPS) is 24.8. The highest BCUT2D eigenvalue weighted by molar-refractivity contribution is 5.92. The van der Waals surface area contributed by atoms with E-state index < -0.39 is 0 Å². The van der Waals surface area contributed by atoms with Crippen LogP contribution in [0.15, 0.2) is 12.4 Å². The predicted molar refractivity (Wildman–Crippen MR) is 62.7 cm³/mol. The molecule has 1 aromatic rings. The van der Waals surface area contributed by atoms with Crippen molar-refractivity contribution in [1.82, 2.24) is 14.9 Å². The Bertz CT molecular complexity index is 395. The molecule has 17 heavy (non-hydrogen) atoms. The number of hydrogen-bond donors (Lipinski definition) is 0. The van der Waals surface area contributed by atoms with Crippen molar-refractivity contribution in [2.75, 3.05) is 13.1 Å². The van der Waals surface area contributed by atoms with Crippen molar-refractivity contribution in [2.45, 2.75) is 33.0 Å². The van der Waals surface area contributed by atoms with Gasteiger partial charge in [-0.1, -0.05) is 0 Å². The second-order valence-corrected chi connectivity index (χ2v) is 4.51. The molecule has 0 spiro atoms. The average molecular weight is 235 g/mol. The third-order valence-electron chi connectivity index (χ3n) is 2.71. The highest BCUT2D eigenvalue weighted by Crippen LogP contribution is 2.13. The van der Waals surface area contributed by atoms with Crippen LogP contribution in [0.3, 0.4) is 0 Å². The molecule has 0 N–H and O–H groups in total. The number of aryl methyl sites for hydroxylation is 1. The van der Waals surface area contributed by atoms with Crippen LogP contribution in [0.2, 0.25) is 0 Å². The maximum absolute atomic E-state index is 12.2. The lowest BCUT2D eigenvalue weighted by Crippen LogP contribution is -2.48. The molecular formula is C12H17N3O2. The summed E-state index contributed by atoms with van der Waals surface area (Å²) in [7, 11) is 0. The molecule has 5 heteroatoms. The van der Waals surface area contributed by atoms with Crippen molar-refractivity contribution in [1.29, 1.82) is 0 Å². The topological polar surface area (TPSA) is 55.3 Å². The van der Waals surface area contributed by atoms with E-state index in [1.54, 1.807) is 11.1 Å². The van der Waals surface area contributed by atoms with Gasteiger partial charge in [-0.2, -0.15) is 0 Å². The van der Waals surface area contributed by atoms with Gasteiger partial charge in [0.25, 0.3) is 5.91 Å². The van der Waals surface area contributed by atoms with Gasteiger partial charge in [0, 0.05) is 19.3 Å². The van der Waals surface area contributed by atoms with Crippen molar-refractivity contribution in [3.63, 3.8) is 0 Å². The lowest BCUT2D eigenvalue weighted by atomic mass is 10.2. The van der Waals surface area contributed by atoms with Crippen LogP contribution in [0.25, 0.3) is 0 Å². The van der Waals surface area contributed by atoms with E-state index >= 15 is 0 Å². The van der Waals surface area contributed by atoms with E-state index in [-0.39, 0.29) is 18.1 Å². The molecule has 2 rings (SSSR count). The van der Waals surface area contributed by atoms with Crippen LogP contribution in [-0.4, -0.2) is 46.1 Å². The second-order valence-electron chi connectivity index (χ2n) is 4.51. The molecule has 1 aliphatic heterocycles. The van der Waals surface area contributed by atoms with Crippen molar-refractivity contribution in [3.8, 4) is 0 Å². The number of amides is 1. The number of hydrogen-bond acceptors (Lipinski definition) is 4. The molecule has 5 nitrogen and oxygen atoms in total. The van der Waals surface area contributed by atoms with Gasteiger partial charge < -0.3 is 9.64 Å². The van der Waals surface area contributed by atoms with Gasteiger partial charge in [-0.15, -0.1) is 0 Å².